The van der Waals surface area contributed by atoms with Crippen LogP contribution in [0.5, 0.6) is 0 Å². The lowest BCUT2D eigenvalue weighted by molar-refractivity contribution is -0.116. The van der Waals surface area contributed by atoms with Crippen LogP contribution >= 0.6 is 0 Å². The van der Waals surface area contributed by atoms with Gasteiger partial charge >= 0.3 is 0 Å². The predicted molar refractivity (Wildman–Crippen MR) is 99.0 cm³/mol. The molecule has 2 aromatic carbocycles. The Morgan fingerprint density at radius 1 is 1.04 bits per heavy atom. The molecule has 1 N–H and O–H groups in total. The van der Waals surface area contributed by atoms with E-state index in [-0.39, 0.29) is 5.91 Å². The highest BCUT2D eigenvalue weighted by molar-refractivity contribution is 5.93. The monoisotopic (exact) mass is 317 g/mol. The summed E-state index contributed by atoms with van der Waals surface area (Å²) in [4.78, 5) is 12.2. The van der Waals surface area contributed by atoms with E-state index in [0.717, 1.165) is 36.1 Å². The number of benzene rings is 2. The van der Waals surface area contributed by atoms with E-state index in [1.807, 2.05) is 37.3 Å². The molecule has 0 heterocycles. The van der Waals surface area contributed by atoms with Gasteiger partial charge in [-0.05, 0) is 61.4 Å². The third-order valence-electron chi connectivity index (χ3n) is 4.39. The molecular formula is C22H23NO. The van der Waals surface area contributed by atoms with Gasteiger partial charge in [0.15, 0.2) is 0 Å². The van der Waals surface area contributed by atoms with Gasteiger partial charge in [0.25, 0.3) is 0 Å². The highest BCUT2D eigenvalue weighted by Crippen LogP contribution is 2.31. The van der Waals surface area contributed by atoms with Crippen LogP contribution in [0.3, 0.4) is 0 Å². The van der Waals surface area contributed by atoms with Crippen molar-refractivity contribution in [2.24, 2.45) is 0 Å². The molecule has 3 rings (SSSR count). The summed E-state index contributed by atoms with van der Waals surface area (Å²) in [6.45, 7) is 2.02. The number of aryl methyl sites for hydroxylation is 1. The molecule has 0 saturated heterocycles. The van der Waals surface area contributed by atoms with Crippen LogP contribution in [0.1, 0.15) is 54.9 Å². The highest BCUT2D eigenvalue weighted by Gasteiger charge is 2.17. The van der Waals surface area contributed by atoms with E-state index in [1.165, 1.54) is 24.0 Å². The SMILES string of the molecule is CCCC(=O)Nc1c(C#Cc2ccccc2)ccc2c1CCCC2. The van der Waals surface area contributed by atoms with Gasteiger partial charge in [-0.1, -0.05) is 43.0 Å². The van der Waals surface area contributed by atoms with Gasteiger partial charge in [0.05, 0.1) is 5.69 Å². The normalized spacial score (nSPS) is 12.7. The van der Waals surface area contributed by atoms with E-state index in [0.29, 0.717) is 6.42 Å². The predicted octanol–water partition coefficient (Wildman–Crippen LogP) is 4.70. The zero-order valence-electron chi connectivity index (χ0n) is 14.2. The summed E-state index contributed by atoms with van der Waals surface area (Å²) in [5.41, 5.74) is 5.49. The van der Waals surface area contributed by atoms with E-state index in [2.05, 4.69) is 29.3 Å². The molecule has 0 aromatic heterocycles. The molecule has 2 nitrogen and oxygen atoms in total. The molecular weight excluding hydrogens is 294 g/mol. The second kappa shape index (κ2) is 7.84. The largest absolute Gasteiger partial charge is 0.325 e. The van der Waals surface area contributed by atoms with Crippen LogP contribution in [0.4, 0.5) is 5.69 Å². The van der Waals surface area contributed by atoms with Crippen LogP contribution in [0.15, 0.2) is 42.5 Å². The van der Waals surface area contributed by atoms with Gasteiger partial charge in [0.2, 0.25) is 5.91 Å². The number of amides is 1. The molecule has 0 aliphatic heterocycles. The fraction of sp³-hybridized carbons (Fsp3) is 0.318. The lowest BCUT2D eigenvalue weighted by Crippen LogP contribution is -2.16. The summed E-state index contributed by atoms with van der Waals surface area (Å²) in [6.07, 6.45) is 5.93. The average Bonchev–Trinajstić information content (AvgIpc) is 2.62. The number of hydrogen-bond donors (Lipinski definition) is 1. The van der Waals surface area contributed by atoms with Crippen molar-refractivity contribution in [2.75, 3.05) is 5.32 Å². The maximum absolute atomic E-state index is 12.2. The molecule has 0 atom stereocenters. The van der Waals surface area contributed by atoms with Crippen molar-refractivity contribution >= 4 is 11.6 Å². The first kappa shape index (κ1) is 16.3. The van der Waals surface area contributed by atoms with Crippen molar-refractivity contribution in [3.05, 3.63) is 64.7 Å². The Balaban J connectivity index is 1.98. The van der Waals surface area contributed by atoms with Crippen LogP contribution in [-0.4, -0.2) is 5.91 Å². The number of carbonyl (C=O) groups is 1. The molecule has 0 saturated carbocycles. The Morgan fingerprint density at radius 3 is 2.62 bits per heavy atom. The third-order valence-corrected chi connectivity index (χ3v) is 4.39. The number of nitrogens with one attached hydrogen (secondary N) is 1. The minimum Gasteiger partial charge on any atom is -0.325 e. The van der Waals surface area contributed by atoms with Gasteiger partial charge in [-0.25, -0.2) is 0 Å². The zero-order valence-corrected chi connectivity index (χ0v) is 14.2. The second-order valence-electron chi connectivity index (χ2n) is 6.25. The summed E-state index contributed by atoms with van der Waals surface area (Å²) >= 11 is 0. The minimum atomic E-state index is 0.0826. The first-order valence-corrected chi connectivity index (χ1v) is 8.79. The molecule has 0 spiro atoms. The van der Waals surface area contributed by atoms with E-state index in [4.69, 9.17) is 0 Å². The van der Waals surface area contributed by atoms with Crippen molar-refractivity contribution in [3.8, 4) is 11.8 Å². The van der Waals surface area contributed by atoms with E-state index < -0.39 is 0 Å². The Labute approximate surface area is 144 Å². The lowest BCUT2D eigenvalue weighted by atomic mass is 9.88. The molecule has 1 amide bonds. The van der Waals surface area contributed by atoms with E-state index in [1.54, 1.807) is 0 Å². The first-order valence-electron chi connectivity index (χ1n) is 8.79. The summed E-state index contributed by atoms with van der Waals surface area (Å²) in [7, 11) is 0. The molecule has 1 aliphatic carbocycles. The molecule has 0 fully saturated rings. The molecule has 0 unspecified atom stereocenters. The summed E-state index contributed by atoms with van der Waals surface area (Å²) < 4.78 is 0. The molecule has 1 aliphatic rings. The first-order chi connectivity index (χ1) is 11.8. The Bertz CT molecular complexity index is 781. The summed E-state index contributed by atoms with van der Waals surface area (Å²) in [5, 5.41) is 3.13. The van der Waals surface area contributed by atoms with Gasteiger partial charge < -0.3 is 5.32 Å². The van der Waals surface area contributed by atoms with E-state index >= 15 is 0 Å². The zero-order chi connectivity index (χ0) is 16.8. The van der Waals surface area contributed by atoms with Gasteiger partial charge in [0.1, 0.15) is 0 Å². The Kier molecular flexibility index (Phi) is 5.33. The average molecular weight is 317 g/mol. The van der Waals surface area contributed by atoms with Crippen molar-refractivity contribution in [3.63, 3.8) is 0 Å². The number of fused-ring (bicyclic) bond motifs is 1. The van der Waals surface area contributed by atoms with Crippen molar-refractivity contribution in [1.82, 2.24) is 0 Å². The Hall–Kier alpha value is -2.53. The molecule has 2 heteroatoms. The Morgan fingerprint density at radius 2 is 1.83 bits per heavy atom. The number of hydrogen-bond acceptors (Lipinski definition) is 1. The summed E-state index contributed by atoms with van der Waals surface area (Å²) in [5.74, 6) is 6.56. The van der Waals surface area contributed by atoms with Crippen LogP contribution < -0.4 is 5.32 Å². The minimum absolute atomic E-state index is 0.0826. The van der Waals surface area contributed by atoms with Gasteiger partial charge in [-0.3, -0.25) is 4.79 Å². The number of anilines is 1. The van der Waals surface area contributed by atoms with Crippen LogP contribution in [0, 0.1) is 11.8 Å². The lowest BCUT2D eigenvalue weighted by Gasteiger charge is -2.21. The topological polar surface area (TPSA) is 29.1 Å². The standard InChI is InChI=1S/C22H23NO/c1-2-8-21(24)23-22-19(14-13-17-9-4-3-5-10-17)16-15-18-11-6-7-12-20(18)22/h3-5,9-10,15-16H,2,6-8,11-12H2,1H3,(H,23,24). The molecule has 122 valence electrons. The maximum Gasteiger partial charge on any atom is 0.224 e. The summed E-state index contributed by atoms with van der Waals surface area (Å²) in [6, 6.07) is 14.2. The maximum atomic E-state index is 12.2. The number of rotatable bonds is 3. The smallest absolute Gasteiger partial charge is 0.224 e. The van der Waals surface area contributed by atoms with Gasteiger partial charge in [-0.2, -0.15) is 0 Å². The quantitative estimate of drug-likeness (QED) is 0.817. The second-order valence-corrected chi connectivity index (χ2v) is 6.25. The highest BCUT2D eigenvalue weighted by atomic mass is 16.1. The van der Waals surface area contributed by atoms with Gasteiger partial charge in [-0.15, -0.1) is 0 Å². The molecule has 0 radical (unpaired) electrons. The molecule has 0 bridgehead atoms. The van der Waals surface area contributed by atoms with Crippen molar-refractivity contribution in [1.29, 1.82) is 0 Å². The van der Waals surface area contributed by atoms with E-state index in [9.17, 15) is 4.79 Å². The fourth-order valence-electron chi connectivity index (χ4n) is 3.16. The van der Waals surface area contributed by atoms with Gasteiger partial charge in [0, 0.05) is 17.5 Å². The molecule has 24 heavy (non-hydrogen) atoms. The molecule has 2 aromatic rings. The third kappa shape index (κ3) is 3.86. The van der Waals surface area contributed by atoms with Crippen molar-refractivity contribution in [2.45, 2.75) is 45.4 Å². The fourth-order valence-corrected chi connectivity index (χ4v) is 3.16. The van der Waals surface area contributed by atoms with Crippen molar-refractivity contribution < 1.29 is 4.79 Å². The van der Waals surface area contributed by atoms with Crippen LogP contribution in [0.2, 0.25) is 0 Å². The number of carbonyl (C=O) groups excluding carboxylic acids is 1. The van der Waals surface area contributed by atoms with Crippen LogP contribution in [0.25, 0.3) is 0 Å². The van der Waals surface area contributed by atoms with Crippen LogP contribution in [-0.2, 0) is 17.6 Å².